The van der Waals surface area contributed by atoms with Gasteiger partial charge in [-0.1, -0.05) is 53.4 Å². The third-order valence-electron chi connectivity index (χ3n) is 6.32. The summed E-state index contributed by atoms with van der Waals surface area (Å²) in [5, 5.41) is 13.7. The smallest absolute Gasteiger partial charge is 0.301 e. The Hall–Kier alpha value is -2.36. The lowest BCUT2D eigenvalue weighted by Gasteiger charge is -2.21. The van der Waals surface area contributed by atoms with E-state index >= 15 is 0 Å². The monoisotopic (exact) mass is 606 g/mol. The number of rotatable bonds is 11. The third kappa shape index (κ3) is 6.52. The number of benzene rings is 3. The molecular weight excluding hydrogens is 581 g/mol. The number of fused-ring (bicyclic) bond motifs is 4. The number of aliphatic hydroxyl groups excluding tert-OH is 1. The van der Waals surface area contributed by atoms with Crippen molar-refractivity contribution >= 4 is 77.3 Å². The molecule has 2 N–H and O–H groups in total. The van der Waals surface area contributed by atoms with E-state index in [0.717, 1.165) is 47.2 Å². The Morgan fingerprint density at radius 2 is 1.95 bits per heavy atom. The van der Waals surface area contributed by atoms with Gasteiger partial charge in [0, 0.05) is 23.6 Å². The highest BCUT2D eigenvalue weighted by atomic mass is 32.2. The van der Waals surface area contributed by atoms with Crippen molar-refractivity contribution in [2.45, 2.75) is 30.9 Å². The van der Waals surface area contributed by atoms with Crippen LogP contribution in [0.2, 0.25) is 0 Å². The number of anilines is 1. The van der Waals surface area contributed by atoms with Crippen molar-refractivity contribution in [3.8, 4) is 0 Å². The Bertz CT molecular complexity index is 1680. The van der Waals surface area contributed by atoms with Gasteiger partial charge in [0.15, 0.2) is 6.54 Å². The van der Waals surface area contributed by atoms with Gasteiger partial charge >= 0.3 is 11.4 Å². The lowest BCUT2D eigenvalue weighted by Crippen LogP contribution is -2.36. The van der Waals surface area contributed by atoms with Gasteiger partial charge in [0.05, 0.1) is 45.5 Å². The van der Waals surface area contributed by atoms with Gasteiger partial charge in [0.2, 0.25) is 5.52 Å². The van der Waals surface area contributed by atoms with Crippen LogP contribution in [-0.2, 0) is 38.8 Å². The lowest BCUT2D eigenvalue weighted by molar-refractivity contribution is -0.668. The van der Waals surface area contributed by atoms with E-state index in [1.165, 1.54) is 0 Å². The molecule has 206 valence electrons. The van der Waals surface area contributed by atoms with Crippen LogP contribution in [0.25, 0.3) is 27.1 Å². The first-order valence-electron chi connectivity index (χ1n) is 12.2. The first-order valence-corrected chi connectivity index (χ1v) is 16.4. The molecule has 2 heterocycles. The summed E-state index contributed by atoms with van der Waals surface area (Å²) in [6.45, 7) is 0.870. The molecule has 0 saturated heterocycles. The van der Waals surface area contributed by atoms with Crippen LogP contribution in [0.5, 0.6) is 0 Å². The molecule has 39 heavy (non-hydrogen) atoms. The summed E-state index contributed by atoms with van der Waals surface area (Å²) in [5.41, 5.74) is 2.65. The van der Waals surface area contributed by atoms with Crippen molar-refractivity contribution < 1.29 is 35.6 Å². The van der Waals surface area contributed by atoms with Crippen LogP contribution in [0.1, 0.15) is 23.4 Å². The van der Waals surface area contributed by atoms with Crippen molar-refractivity contribution in [1.82, 2.24) is 0 Å². The molecule has 1 aromatic heterocycles. The normalized spacial score (nSPS) is 15.5. The van der Waals surface area contributed by atoms with Crippen molar-refractivity contribution in [3.05, 3.63) is 70.2 Å². The molecule has 0 amide bonds. The van der Waals surface area contributed by atoms with Crippen LogP contribution in [0.15, 0.2) is 64.5 Å². The van der Waals surface area contributed by atoms with Crippen molar-refractivity contribution in [2.24, 2.45) is 0 Å². The second-order valence-corrected chi connectivity index (χ2v) is 13.2. The van der Waals surface area contributed by atoms with E-state index in [9.17, 15) is 22.3 Å². The molecule has 0 bridgehead atoms. The third-order valence-corrected chi connectivity index (χ3v) is 9.69. The van der Waals surface area contributed by atoms with Crippen molar-refractivity contribution in [3.63, 3.8) is 0 Å². The summed E-state index contributed by atoms with van der Waals surface area (Å²) in [6.07, 6.45) is 2.74. The van der Waals surface area contributed by atoms with E-state index in [2.05, 4.69) is 34.9 Å². The molecule has 3 aromatic carbocycles. The average molecular weight is 607 g/mol. The Balaban J connectivity index is 1.58. The zero-order valence-corrected chi connectivity index (χ0v) is 24.0. The van der Waals surface area contributed by atoms with E-state index in [-0.39, 0.29) is 19.6 Å². The molecule has 0 aliphatic carbocycles. The molecule has 0 fully saturated rings. The lowest BCUT2D eigenvalue weighted by atomic mass is 10.1. The van der Waals surface area contributed by atoms with Gasteiger partial charge in [-0.2, -0.15) is 8.78 Å². The molecule has 1 aliphatic rings. The minimum Gasteiger partial charge on any atom is -0.748 e. The van der Waals surface area contributed by atoms with Gasteiger partial charge in [-0.3, -0.25) is 8.74 Å². The molecule has 1 aliphatic heterocycles. The Morgan fingerprint density at radius 3 is 2.72 bits per heavy atom. The first-order chi connectivity index (χ1) is 18.7. The summed E-state index contributed by atoms with van der Waals surface area (Å²) in [4.78, 5) is 2.97. The van der Waals surface area contributed by atoms with E-state index in [4.69, 9.17) is 8.74 Å². The minimum atomic E-state index is -4.34. The Labute approximate surface area is 237 Å². The zero-order chi connectivity index (χ0) is 27.6. The summed E-state index contributed by atoms with van der Waals surface area (Å²) in [5.74, 6) is -0.461. The van der Waals surface area contributed by atoms with Gasteiger partial charge in [-0.15, -0.1) is 0 Å². The highest BCUT2D eigenvalue weighted by Crippen LogP contribution is 2.47. The second kappa shape index (κ2) is 12.0. The number of hydrogen-bond acceptors (Lipinski definition) is 9. The molecule has 13 heteroatoms. The Kier molecular flexibility index (Phi) is 8.69. The molecule has 0 saturated carbocycles. The van der Waals surface area contributed by atoms with Crippen LogP contribution in [0.4, 0.5) is 5.69 Å². The molecule has 1 atom stereocenters. The fourth-order valence-electron chi connectivity index (χ4n) is 4.64. The fraction of sp³-hybridized carbons (Fsp3) is 0.269. The van der Waals surface area contributed by atoms with Gasteiger partial charge in [-0.25, -0.2) is 8.42 Å². The van der Waals surface area contributed by atoms with Crippen LogP contribution < -0.4 is 9.47 Å². The van der Waals surface area contributed by atoms with Crippen LogP contribution >= 0.6 is 23.1 Å². The summed E-state index contributed by atoms with van der Waals surface area (Å²) in [7, 11) is -4.34. The molecule has 9 nitrogen and oxygen atoms in total. The van der Waals surface area contributed by atoms with E-state index < -0.39 is 27.2 Å². The van der Waals surface area contributed by atoms with E-state index in [0.29, 0.717) is 19.5 Å². The SMILES string of the molecule is O=S(O)OCCC[n+]1c(C=C2Sc3ccc(CO)cc3N2CCCS(=O)(=O)[O-])sc2ccc3ccccc3c21. The maximum absolute atomic E-state index is 11.3. The standard InChI is InChI=1S/C26H26N2O7S4/c29-17-18-7-9-22-21(15-18)27(12-4-14-39(32,33)34)24(36-22)16-25-28(11-3-13-35-38(30)31)26-20-6-2-1-5-19(20)8-10-23(26)37-25/h1-2,5-10,15-16,29H,3-4,11-14,17H2,(H-,30,31,32,33,34). The van der Waals surface area contributed by atoms with Crippen LogP contribution in [0, 0.1) is 0 Å². The highest BCUT2D eigenvalue weighted by molar-refractivity contribution is 8.03. The van der Waals surface area contributed by atoms with Gasteiger partial charge in [-0.05, 0) is 41.6 Å². The fourth-order valence-corrected chi connectivity index (χ4v) is 7.71. The molecular formula is C26H26N2O7S4. The predicted octanol–water partition coefficient (Wildman–Crippen LogP) is 4.22. The van der Waals surface area contributed by atoms with E-state index in [1.54, 1.807) is 23.1 Å². The summed E-state index contributed by atoms with van der Waals surface area (Å²) < 4.78 is 61.9. The molecule has 0 spiro atoms. The number of aliphatic hydroxyl groups is 1. The van der Waals surface area contributed by atoms with Gasteiger partial charge < -0.3 is 14.6 Å². The van der Waals surface area contributed by atoms with Crippen LogP contribution in [0.3, 0.4) is 0 Å². The highest BCUT2D eigenvalue weighted by Gasteiger charge is 2.29. The number of nitrogens with zero attached hydrogens (tertiary/aromatic N) is 2. The topological polar surface area (TPSA) is 131 Å². The average Bonchev–Trinajstić information content (AvgIpc) is 3.43. The zero-order valence-electron chi connectivity index (χ0n) is 20.7. The van der Waals surface area contributed by atoms with Gasteiger partial charge in [0.25, 0.3) is 5.01 Å². The van der Waals surface area contributed by atoms with Crippen molar-refractivity contribution in [1.29, 1.82) is 0 Å². The number of hydrogen-bond donors (Lipinski definition) is 2. The summed E-state index contributed by atoms with van der Waals surface area (Å²) in [6, 6.07) is 18.0. The quantitative estimate of drug-likeness (QED) is 0.111. The van der Waals surface area contributed by atoms with E-state index in [1.807, 2.05) is 35.2 Å². The van der Waals surface area contributed by atoms with Crippen molar-refractivity contribution in [2.75, 3.05) is 23.8 Å². The number of aromatic nitrogens is 1. The first kappa shape index (κ1) is 28.2. The number of aryl methyl sites for hydroxylation is 1. The number of thioether (sulfide) groups is 1. The van der Waals surface area contributed by atoms with Gasteiger partial charge in [0.1, 0.15) is 4.70 Å². The molecule has 0 radical (unpaired) electrons. The largest absolute Gasteiger partial charge is 0.748 e. The number of thiazole rings is 1. The van der Waals surface area contributed by atoms with Crippen LogP contribution in [-0.4, -0.2) is 45.7 Å². The Morgan fingerprint density at radius 1 is 1.13 bits per heavy atom. The maximum Gasteiger partial charge on any atom is 0.301 e. The maximum atomic E-state index is 11.3. The minimum absolute atomic E-state index is 0.119. The summed E-state index contributed by atoms with van der Waals surface area (Å²) >= 11 is 0.837. The molecule has 1 unspecified atom stereocenters. The molecule has 5 rings (SSSR count). The predicted molar refractivity (Wildman–Crippen MR) is 154 cm³/mol. The molecule has 4 aromatic rings. The second-order valence-electron chi connectivity index (χ2n) is 8.93.